The molecule has 1 N–H and O–H groups in total. The van der Waals surface area contributed by atoms with Gasteiger partial charge in [-0.1, -0.05) is 35.6 Å². The van der Waals surface area contributed by atoms with Crippen LogP contribution in [-0.4, -0.2) is 21.1 Å². The fraction of sp³-hybridized carbons (Fsp3) is 0.375. The van der Waals surface area contributed by atoms with Gasteiger partial charge in [-0.2, -0.15) is 5.10 Å². The number of benzene rings is 1. The lowest BCUT2D eigenvalue weighted by Crippen LogP contribution is -2.30. The van der Waals surface area contributed by atoms with Crippen LogP contribution < -0.4 is 5.32 Å². The summed E-state index contributed by atoms with van der Waals surface area (Å²) in [6, 6.07) is 9.10. The highest BCUT2D eigenvalue weighted by Gasteiger charge is 2.25. The van der Waals surface area contributed by atoms with Gasteiger partial charge in [0, 0.05) is 23.9 Å². The highest BCUT2D eigenvalue weighted by atomic mass is 32.1. The van der Waals surface area contributed by atoms with Gasteiger partial charge in [0.05, 0.1) is 5.69 Å². The van der Waals surface area contributed by atoms with Crippen LogP contribution in [-0.2, 0) is 12.8 Å². The summed E-state index contributed by atoms with van der Waals surface area (Å²) in [5.41, 5.74) is 4.18. The summed E-state index contributed by atoms with van der Waals surface area (Å²) < 4.78 is 2.02. The molecule has 1 aromatic carbocycles. The maximum absolute atomic E-state index is 4.35. The zero-order chi connectivity index (χ0) is 14.2. The molecule has 1 aliphatic heterocycles. The van der Waals surface area contributed by atoms with Crippen LogP contribution in [0.3, 0.4) is 0 Å². The molecule has 0 saturated carbocycles. The average Bonchev–Trinajstić information content (AvgIpc) is 3.07. The fourth-order valence-corrected chi connectivity index (χ4v) is 4.32. The summed E-state index contributed by atoms with van der Waals surface area (Å²) in [5, 5.41) is 8.00. The molecule has 3 heterocycles. The molecule has 0 fully saturated rings. The summed E-state index contributed by atoms with van der Waals surface area (Å²) in [4.78, 5) is 6.77. The minimum absolute atomic E-state index is 0.432. The molecule has 108 valence electrons. The quantitative estimate of drug-likeness (QED) is 0.808. The van der Waals surface area contributed by atoms with Gasteiger partial charge in [0.15, 0.2) is 0 Å². The van der Waals surface area contributed by atoms with E-state index < -0.39 is 0 Å². The third kappa shape index (κ3) is 2.26. The molecule has 1 atom stereocenters. The standard InChI is InChI=1S/C16H18N4S/c1-11-4-2-3-5-12(11)6-7-13-15-14(8-9-17-13)20-16(21-15)18-10-19-20/h2-5,10,13,17H,6-9H2,1H3. The molecule has 4 rings (SSSR count). The van der Waals surface area contributed by atoms with Crippen LogP contribution >= 0.6 is 11.3 Å². The highest BCUT2D eigenvalue weighted by molar-refractivity contribution is 7.17. The van der Waals surface area contributed by atoms with Gasteiger partial charge in [-0.05, 0) is 30.9 Å². The Kier molecular flexibility index (Phi) is 3.24. The maximum Gasteiger partial charge on any atom is 0.212 e. The first-order valence-corrected chi connectivity index (χ1v) is 8.24. The van der Waals surface area contributed by atoms with E-state index in [1.807, 2.05) is 4.52 Å². The summed E-state index contributed by atoms with van der Waals surface area (Å²) in [7, 11) is 0. The molecule has 21 heavy (non-hydrogen) atoms. The fourth-order valence-electron chi connectivity index (χ4n) is 3.13. The number of aryl methyl sites for hydroxylation is 2. The minimum atomic E-state index is 0.432. The van der Waals surface area contributed by atoms with Crippen LogP contribution in [0.2, 0.25) is 0 Å². The first-order chi connectivity index (χ1) is 10.3. The molecule has 0 amide bonds. The number of nitrogens with one attached hydrogen (secondary N) is 1. The van der Waals surface area contributed by atoms with Crippen molar-refractivity contribution in [1.29, 1.82) is 0 Å². The van der Waals surface area contributed by atoms with Gasteiger partial charge >= 0.3 is 0 Å². The molecular formula is C16H18N4S. The summed E-state index contributed by atoms with van der Waals surface area (Å²) in [6.07, 6.45) is 4.93. The Morgan fingerprint density at radius 2 is 2.29 bits per heavy atom. The van der Waals surface area contributed by atoms with Gasteiger partial charge < -0.3 is 5.32 Å². The van der Waals surface area contributed by atoms with Gasteiger partial charge in [-0.25, -0.2) is 9.50 Å². The van der Waals surface area contributed by atoms with E-state index in [1.54, 1.807) is 17.7 Å². The number of fused-ring (bicyclic) bond motifs is 3. The smallest absolute Gasteiger partial charge is 0.212 e. The SMILES string of the molecule is Cc1ccccc1CCC1NCCc2c1sc1ncnn21. The molecule has 4 nitrogen and oxygen atoms in total. The molecule has 5 heteroatoms. The van der Waals surface area contributed by atoms with Crippen molar-refractivity contribution in [2.45, 2.75) is 32.2 Å². The first-order valence-electron chi connectivity index (χ1n) is 7.42. The zero-order valence-electron chi connectivity index (χ0n) is 12.0. The highest BCUT2D eigenvalue weighted by Crippen LogP contribution is 2.33. The molecule has 3 aromatic rings. The molecule has 0 aliphatic carbocycles. The number of hydrogen-bond acceptors (Lipinski definition) is 4. The van der Waals surface area contributed by atoms with E-state index in [-0.39, 0.29) is 0 Å². The summed E-state index contributed by atoms with van der Waals surface area (Å²) in [5.74, 6) is 0. The Labute approximate surface area is 127 Å². The van der Waals surface area contributed by atoms with Gasteiger partial charge in [-0.3, -0.25) is 0 Å². The second-order valence-electron chi connectivity index (χ2n) is 5.59. The third-order valence-corrected chi connectivity index (χ3v) is 5.49. The van der Waals surface area contributed by atoms with E-state index in [0.717, 1.165) is 30.8 Å². The minimum Gasteiger partial charge on any atom is -0.309 e. The normalized spacial score (nSPS) is 18.0. The number of aromatic nitrogens is 3. The number of rotatable bonds is 3. The van der Waals surface area contributed by atoms with Crippen molar-refractivity contribution in [1.82, 2.24) is 19.9 Å². The van der Waals surface area contributed by atoms with Crippen LogP contribution in [0.4, 0.5) is 0 Å². The van der Waals surface area contributed by atoms with Crippen molar-refractivity contribution in [3.63, 3.8) is 0 Å². The average molecular weight is 298 g/mol. The van der Waals surface area contributed by atoms with Crippen molar-refractivity contribution in [3.05, 3.63) is 52.3 Å². The van der Waals surface area contributed by atoms with E-state index in [0.29, 0.717) is 6.04 Å². The summed E-state index contributed by atoms with van der Waals surface area (Å²) in [6.45, 7) is 3.22. The van der Waals surface area contributed by atoms with Gasteiger partial charge in [-0.15, -0.1) is 0 Å². The van der Waals surface area contributed by atoms with Gasteiger partial charge in [0.25, 0.3) is 0 Å². The number of nitrogens with zero attached hydrogens (tertiary/aromatic N) is 3. The maximum atomic E-state index is 4.35. The van der Waals surface area contributed by atoms with Crippen LogP contribution in [0, 0.1) is 6.92 Å². The lowest BCUT2D eigenvalue weighted by molar-refractivity contribution is 0.475. The Morgan fingerprint density at radius 1 is 1.38 bits per heavy atom. The lowest BCUT2D eigenvalue weighted by atomic mass is 9.98. The van der Waals surface area contributed by atoms with Crippen LogP contribution in [0.15, 0.2) is 30.6 Å². The second kappa shape index (κ2) is 5.24. The molecule has 0 radical (unpaired) electrons. The van der Waals surface area contributed by atoms with Gasteiger partial charge in [0.2, 0.25) is 4.96 Å². The summed E-state index contributed by atoms with van der Waals surface area (Å²) >= 11 is 1.78. The number of thiazole rings is 1. The lowest BCUT2D eigenvalue weighted by Gasteiger charge is -2.23. The molecule has 0 bridgehead atoms. The second-order valence-corrected chi connectivity index (χ2v) is 6.60. The monoisotopic (exact) mass is 298 g/mol. The Morgan fingerprint density at radius 3 is 3.19 bits per heavy atom. The van der Waals surface area contributed by atoms with Crippen molar-refractivity contribution in [3.8, 4) is 0 Å². The zero-order valence-corrected chi connectivity index (χ0v) is 12.9. The predicted molar refractivity (Wildman–Crippen MR) is 84.8 cm³/mol. The van der Waals surface area contributed by atoms with Gasteiger partial charge in [0.1, 0.15) is 6.33 Å². The van der Waals surface area contributed by atoms with E-state index in [4.69, 9.17) is 0 Å². The Balaban J connectivity index is 1.58. The molecule has 1 unspecified atom stereocenters. The molecule has 1 aliphatic rings. The molecular weight excluding hydrogens is 280 g/mol. The van der Waals surface area contributed by atoms with E-state index in [1.165, 1.54) is 21.7 Å². The molecule has 0 spiro atoms. The van der Waals surface area contributed by atoms with Crippen LogP contribution in [0.5, 0.6) is 0 Å². The number of hydrogen-bond donors (Lipinski definition) is 1. The third-order valence-electron chi connectivity index (χ3n) is 4.29. The van der Waals surface area contributed by atoms with E-state index >= 15 is 0 Å². The molecule has 2 aromatic heterocycles. The van der Waals surface area contributed by atoms with E-state index in [2.05, 4.69) is 46.6 Å². The van der Waals surface area contributed by atoms with Crippen molar-refractivity contribution >= 4 is 16.3 Å². The largest absolute Gasteiger partial charge is 0.309 e. The van der Waals surface area contributed by atoms with Crippen molar-refractivity contribution < 1.29 is 0 Å². The van der Waals surface area contributed by atoms with Crippen LogP contribution in [0.1, 0.15) is 34.2 Å². The van der Waals surface area contributed by atoms with Crippen LogP contribution in [0.25, 0.3) is 4.96 Å². The van der Waals surface area contributed by atoms with Crippen molar-refractivity contribution in [2.75, 3.05) is 6.54 Å². The topological polar surface area (TPSA) is 42.2 Å². The Hall–Kier alpha value is -1.72. The molecule has 0 saturated heterocycles. The first kappa shape index (κ1) is 13.0. The predicted octanol–water partition coefficient (Wildman–Crippen LogP) is 2.92. The Bertz CT molecular complexity index is 774. The van der Waals surface area contributed by atoms with Crippen molar-refractivity contribution in [2.24, 2.45) is 0 Å². The van der Waals surface area contributed by atoms with E-state index in [9.17, 15) is 0 Å².